The number of rotatable bonds is 3. The van der Waals surface area contributed by atoms with Crippen molar-refractivity contribution in [3.8, 4) is 5.75 Å². The molecule has 1 N–H and O–H groups in total. The van der Waals surface area contributed by atoms with Crippen molar-refractivity contribution in [2.75, 3.05) is 29.4 Å². The van der Waals surface area contributed by atoms with Crippen LogP contribution in [0.25, 0.3) is 10.9 Å². The number of pyridine rings is 1. The van der Waals surface area contributed by atoms with Gasteiger partial charge in [0.25, 0.3) is 5.56 Å². The van der Waals surface area contributed by atoms with E-state index in [9.17, 15) is 9.90 Å². The van der Waals surface area contributed by atoms with Crippen LogP contribution in [0.5, 0.6) is 5.75 Å². The number of nitrogens with zero attached hydrogens (tertiary/aromatic N) is 3. The number of aryl methyl sites for hydroxylation is 1. The summed E-state index contributed by atoms with van der Waals surface area (Å²) in [6.07, 6.45) is 5.50. The Morgan fingerprint density at radius 1 is 1.07 bits per heavy atom. The summed E-state index contributed by atoms with van der Waals surface area (Å²) < 4.78 is 1.75. The average Bonchev–Trinajstić information content (AvgIpc) is 2.71. The number of hydrogen-bond donors (Lipinski definition) is 1. The van der Waals surface area contributed by atoms with Gasteiger partial charge in [-0.1, -0.05) is 19.3 Å². The third-order valence-corrected chi connectivity index (χ3v) is 7.15. The molecule has 0 atom stereocenters. The molecule has 1 aliphatic carbocycles. The fourth-order valence-corrected chi connectivity index (χ4v) is 5.64. The molecule has 4 rings (SSSR count). The van der Waals surface area contributed by atoms with Gasteiger partial charge in [-0.25, -0.2) is 0 Å². The van der Waals surface area contributed by atoms with E-state index in [-0.39, 0.29) is 22.8 Å². The van der Waals surface area contributed by atoms with Crippen LogP contribution in [0.1, 0.15) is 71.3 Å². The molecule has 1 aromatic heterocycles. The van der Waals surface area contributed by atoms with Crippen LogP contribution in [-0.2, 0) is 7.05 Å². The molecule has 29 heavy (non-hydrogen) atoms. The van der Waals surface area contributed by atoms with Crippen LogP contribution in [0.3, 0.4) is 0 Å². The number of benzene rings is 1. The van der Waals surface area contributed by atoms with E-state index in [1.807, 2.05) is 7.05 Å². The van der Waals surface area contributed by atoms with Crippen molar-refractivity contribution in [3.63, 3.8) is 0 Å². The second kappa shape index (κ2) is 7.26. The Labute approximate surface area is 173 Å². The van der Waals surface area contributed by atoms with E-state index in [0.29, 0.717) is 5.56 Å². The SMILES string of the molecule is CCN1CC(C)(C)N(CC)c2cc3c(cc21)c(O)c(C1CCCCC1)c(=O)n3C. The first kappa shape index (κ1) is 20.1. The quantitative estimate of drug-likeness (QED) is 0.813. The first-order valence-electron chi connectivity index (χ1n) is 11.2. The number of fused-ring (bicyclic) bond motifs is 2. The molecule has 2 aliphatic rings. The molecule has 1 saturated carbocycles. The molecule has 0 saturated heterocycles. The Balaban J connectivity index is 1.99. The molecule has 0 spiro atoms. The maximum Gasteiger partial charge on any atom is 0.257 e. The molecule has 0 bridgehead atoms. The minimum Gasteiger partial charge on any atom is -0.507 e. The lowest BCUT2D eigenvalue weighted by Gasteiger charge is -2.49. The fourth-order valence-electron chi connectivity index (χ4n) is 5.64. The summed E-state index contributed by atoms with van der Waals surface area (Å²) in [5, 5.41) is 12.1. The lowest BCUT2D eigenvalue weighted by molar-refractivity contribution is 0.412. The molecule has 5 nitrogen and oxygen atoms in total. The van der Waals surface area contributed by atoms with Crippen molar-refractivity contribution in [3.05, 3.63) is 28.0 Å². The zero-order chi connectivity index (χ0) is 20.9. The minimum atomic E-state index is -0.0349. The van der Waals surface area contributed by atoms with Crippen molar-refractivity contribution < 1.29 is 5.11 Å². The number of aromatic nitrogens is 1. The van der Waals surface area contributed by atoms with Gasteiger partial charge in [0, 0.05) is 32.1 Å². The summed E-state index contributed by atoms with van der Waals surface area (Å²) in [5.74, 6) is 0.387. The van der Waals surface area contributed by atoms with E-state index in [0.717, 1.165) is 67.6 Å². The molecule has 2 heterocycles. The lowest BCUT2D eigenvalue weighted by Crippen LogP contribution is -2.56. The van der Waals surface area contributed by atoms with Gasteiger partial charge in [-0.2, -0.15) is 0 Å². The number of aromatic hydroxyl groups is 1. The largest absolute Gasteiger partial charge is 0.507 e. The molecular formula is C24H35N3O2. The van der Waals surface area contributed by atoms with Gasteiger partial charge in [-0.3, -0.25) is 4.79 Å². The second-order valence-electron chi connectivity index (χ2n) is 9.39. The van der Waals surface area contributed by atoms with E-state index in [1.54, 1.807) is 4.57 Å². The highest BCUT2D eigenvalue weighted by atomic mass is 16.3. The predicted molar refractivity (Wildman–Crippen MR) is 122 cm³/mol. The van der Waals surface area contributed by atoms with Gasteiger partial charge in [0.1, 0.15) is 5.75 Å². The third-order valence-electron chi connectivity index (χ3n) is 7.15. The number of anilines is 2. The highest BCUT2D eigenvalue weighted by Crippen LogP contribution is 2.45. The topological polar surface area (TPSA) is 48.7 Å². The second-order valence-corrected chi connectivity index (χ2v) is 9.39. The monoisotopic (exact) mass is 397 g/mol. The predicted octanol–water partition coefficient (Wildman–Crippen LogP) is 4.74. The fraction of sp³-hybridized carbons (Fsp3) is 0.625. The number of hydrogen-bond acceptors (Lipinski definition) is 4. The van der Waals surface area contributed by atoms with Crippen LogP contribution in [-0.4, -0.2) is 34.8 Å². The van der Waals surface area contributed by atoms with Crippen LogP contribution in [0.4, 0.5) is 11.4 Å². The molecule has 0 amide bonds. The summed E-state index contributed by atoms with van der Waals surface area (Å²) in [4.78, 5) is 18.1. The van der Waals surface area contributed by atoms with Gasteiger partial charge in [-0.15, -0.1) is 0 Å². The van der Waals surface area contributed by atoms with Gasteiger partial charge in [-0.05, 0) is 58.6 Å². The van der Waals surface area contributed by atoms with Crippen LogP contribution in [0.15, 0.2) is 16.9 Å². The summed E-state index contributed by atoms with van der Waals surface area (Å²) in [6, 6.07) is 4.23. The van der Waals surface area contributed by atoms with Gasteiger partial charge in [0.05, 0.1) is 28.0 Å². The molecule has 0 radical (unpaired) electrons. The van der Waals surface area contributed by atoms with Crippen molar-refractivity contribution in [1.29, 1.82) is 0 Å². The molecule has 0 unspecified atom stereocenters. The summed E-state index contributed by atoms with van der Waals surface area (Å²) in [5.41, 5.74) is 3.73. The molecule has 1 aromatic carbocycles. The van der Waals surface area contributed by atoms with Gasteiger partial charge in [0.2, 0.25) is 0 Å². The average molecular weight is 398 g/mol. The molecule has 2 aromatic rings. The molecule has 158 valence electrons. The molecular weight excluding hydrogens is 362 g/mol. The van der Waals surface area contributed by atoms with Gasteiger partial charge in [0.15, 0.2) is 0 Å². The standard InChI is InChI=1S/C24H35N3O2/c1-6-26-15-24(3,4)27(7-2)20-14-18-17(13-19(20)26)22(28)21(23(29)25(18)5)16-11-9-8-10-12-16/h13-14,16,28H,6-12,15H2,1-5H3. The number of likely N-dealkylation sites (N-methyl/N-ethyl adjacent to an activating group) is 2. The van der Waals surface area contributed by atoms with Crippen molar-refractivity contribution in [1.82, 2.24) is 4.57 Å². The smallest absolute Gasteiger partial charge is 0.257 e. The van der Waals surface area contributed by atoms with E-state index in [2.05, 4.69) is 49.6 Å². The van der Waals surface area contributed by atoms with E-state index < -0.39 is 0 Å². The van der Waals surface area contributed by atoms with Crippen molar-refractivity contribution in [2.24, 2.45) is 7.05 Å². The van der Waals surface area contributed by atoms with Crippen LogP contribution in [0.2, 0.25) is 0 Å². The normalized spacial score (nSPS) is 19.6. The van der Waals surface area contributed by atoms with E-state index in [1.165, 1.54) is 6.42 Å². The van der Waals surface area contributed by atoms with E-state index in [4.69, 9.17) is 0 Å². The Bertz CT molecular complexity index is 986. The summed E-state index contributed by atoms with van der Waals surface area (Å²) in [6.45, 7) is 11.7. The Kier molecular flexibility index (Phi) is 5.04. The lowest BCUT2D eigenvalue weighted by atomic mass is 9.83. The zero-order valence-corrected chi connectivity index (χ0v) is 18.6. The summed E-state index contributed by atoms with van der Waals surface area (Å²) in [7, 11) is 1.85. The first-order chi connectivity index (χ1) is 13.8. The van der Waals surface area contributed by atoms with Crippen molar-refractivity contribution in [2.45, 2.75) is 71.3 Å². The maximum absolute atomic E-state index is 13.2. The molecule has 1 fully saturated rings. The zero-order valence-electron chi connectivity index (χ0n) is 18.6. The highest BCUT2D eigenvalue weighted by Gasteiger charge is 2.36. The Morgan fingerprint density at radius 2 is 1.76 bits per heavy atom. The Morgan fingerprint density at radius 3 is 2.38 bits per heavy atom. The van der Waals surface area contributed by atoms with Crippen LogP contribution < -0.4 is 15.4 Å². The summed E-state index contributed by atoms with van der Waals surface area (Å²) >= 11 is 0. The highest BCUT2D eigenvalue weighted by molar-refractivity contribution is 5.96. The van der Waals surface area contributed by atoms with Crippen molar-refractivity contribution >= 4 is 22.3 Å². The molecule has 5 heteroatoms. The third kappa shape index (κ3) is 3.10. The molecule has 1 aliphatic heterocycles. The van der Waals surface area contributed by atoms with Crippen LogP contribution >= 0.6 is 0 Å². The maximum atomic E-state index is 13.2. The van der Waals surface area contributed by atoms with Crippen LogP contribution in [0, 0.1) is 0 Å². The minimum absolute atomic E-state index is 0.00832. The Hall–Kier alpha value is -2.17. The van der Waals surface area contributed by atoms with Gasteiger partial charge >= 0.3 is 0 Å². The first-order valence-corrected chi connectivity index (χ1v) is 11.2. The van der Waals surface area contributed by atoms with Gasteiger partial charge < -0.3 is 19.5 Å². The van der Waals surface area contributed by atoms with E-state index >= 15 is 0 Å².